The first-order valence-electron chi connectivity index (χ1n) is 6.75. The summed E-state index contributed by atoms with van der Waals surface area (Å²) < 4.78 is 4.95. The predicted octanol–water partition coefficient (Wildman–Crippen LogP) is 2.47. The molecule has 0 spiro atoms. The minimum atomic E-state index is -0.243. The Morgan fingerprint density at radius 2 is 2.10 bits per heavy atom. The number of nitrogens with one attached hydrogen (secondary N) is 1. The molecule has 0 radical (unpaired) electrons. The first-order chi connectivity index (χ1) is 9.95. The molecule has 0 fully saturated rings. The van der Waals surface area contributed by atoms with E-state index in [2.05, 4.69) is 5.32 Å². The van der Waals surface area contributed by atoms with Gasteiger partial charge in [-0.3, -0.25) is 9.59 Å². The highest BCUT2D eigenvalue weighted by molar-refractivity contribution is 6.31. The highest BCUT2D eigenvalue weighted by Crippen LogP contribution is 2.22. The fourth-order valence-electron chi connectivity index (χ4n) is 1.85. The molecule has 6 heteroatoms. The number of anilines is 1. The van der Waals surface area contributed by atoms with Crippen LogP contribution in [0.2, 0.25) is 5.02 Å². The SMILES string of the molecule is COCCCN(CC(=O)Nc1cccc(Cl)c1C)C(C)=O. The quantitative estimate of drug-likeness (QED) is 0.787. The molecule has 0 unspecified atom stereocenters. The zero-order chi connectivity index (χ0) is 15.8. The molecule has 0 aliphatic rings. The van der Waals surface area contributed by atoms with Crippen molar-refractivity contribution in [1.29, 1.82) is 0 Å². The number of benzene rings is 1. The third kappa shape index (κ3) is 5.73. The van der Waals surface area contributed by atoms with Crippen LogP contribution in [0.15, 0.2) is 18.2 Å². The van der Waals surface area contributed by atoms with Crippen LogP contribution in [-0.4, -0.2) is 43.5 Å². The summed E-state index contributed by atoms with van der Waals surface area (Å²) in [6.07, 6.45) is 0.694. The zero-order valence-electron chi connectivity index (χ0n) is 12.6. The Balaban J connectivity index is 2.61. The van der Waals surface area contributed by atoms with Crippen LogP contribution < -0.4 is 5.32 Å². The highest BCUT2D eigenvalue weighted by atomic mass is 35.5. The summed E-state index contributed by atoms with van der Waals surface area (Å²) in [6, 6.07) is 5.31. The molecule has 21 heavy (non-hydrogen) atoms. The van der Waals surface area contributed by atoms with E-state index in [0.717, 1.165) is 5.56 Å². The largest absolute Gasteiger partial charge is 0.385 e. The molecule has 0 heterocycles. The summed E-state index contributed by atoms with van der Waals surface area (Å²) in [6.45, 7) is 4.35. The second-order valence-corrected chi connectivity index (χ2v) is 5.15. The molecule has 1 N–H and O–H groups in total. The number of carbonyl (C=O) groups excluding carboxylic acids is 2. The van der Waals surface area contributed by atoms with Crippen LogP contribution in [0.4, 0.5) is 5.69 Å². The molecule has 0 aromatic heterocycles. The van der Waals surface area contributed by atoms with Gasteiger partial charge in [0.1, 0.15) is 0 Å². The van der Waals surface area contributed by atoms with Gasteiger partial charge >= 0.3 is 0 Å². The molecular formula is C15H21ClN2O3. The molecule has 0 aliphatic carbocycles. The molecule has 116 valence electrons. The van der Waals surface area contributed by atoms with Gasteiger partial charge in [0.05, 0.1) is 6.54 Å². The molecule has 1 aromatic rings. The predicted molar refractivity (Wildman–Crippen MR) is 83.6 cm³/mol. The Bertz CT molecular complexity index is 506. The van der Waals surface area contributed by atoms with Crippen molar-refractivity contribution in [2.24, 2.45) is 0 Å². The fourth-order valence-corrected chi connectivity index (χ4v) is 2.03. The maximum Gasteiger partial charge on any atom is 0.244 e. The normalized spacial score (nSPS) is 10.3. The summed E-state index contributed by atoms with van der Waals surface area (Å²) in [5.41, 5.74) is 1.47. The number of amides is 2. The number of carbonyl (C=O) groups is 2. The lowest BCUT2D eigenvalue weighted by atomic mass is 10.2. The van der Waals surface area contributed by atoms with Gasteiger partial charge in [0.15, 0.2) is 0 Å². The molecular weight excluding hydrogens is 292 g/mol. The van der Waals surface area contributed by atoms with E-state index < -0.39 is 0 Å². The van der Waals surface area contributed by atoms with Gasteiger partial charge in [-0.15, -0.1) is 0 Å². The van der Waals surface area contributed by atoms with Crippen LogP contribution in [0.5, 0.6) is 0 Å². The van der Waals surface area contributed by atoms with Crippen molar-refractivity contribution in [3.8, 4) is 0 Å². The van der Waals surface area contributed by atoms with Gasteiger partial charge in [0.25, 0.3) is 0 Å². The van der Waals surface area contributed by atoms with Crippen molar-refractivity contribution in [1.82, 2.24) is 4.90 Å². The molecule has 0 saturated heterocycles. The van der Waals surface area contributed by atoms with Crippen LogP contribution in [0, 0.1) is 6.92 Å². The molecule has 0 saturated carbocycles. The maximum absolute atomic E-state index is 12.0. The maximum atomic E-state index is 12.0. The lowest BCUT2D eigenvalue weighted by Gasteiger charge is -2.20. The number of rotatable bonds is 7. The van der Waals surface area contributed by atoms with E-state index >= 15 is 0 Å². The third-order valence-corrected chi connectivity index (χ3v) is 3.51. The van der Waals surface area contributed by atoms with Crippen LogP contribution in [0.25, 0.3) is 0 Å². The van der Waals surface area contributed by atoms with Crippen LogP contribution in [-0.2, 0) is 14.3 Å². The van der Waals surface area contributed by atoms with Crippen LogP contribution in [0.3, 0.4) is 0 Å². The van der Waals surface area contributed by atoms with Crippen molar-refractivity contribution < 1.29 is 14.3 Å². The standard InChI is InChI=1S/C15H21ClN2O3/c1-11-13(16)6-4-7-14(11)17-15(20)10-18(12(2)19)8-5-9-21-3/h4,6-7H,5,8-10H2,1-3H3,(H,17,20). The van der Waals surface area contributed by atoms with Crippen molar-refractivity contribution in [2.45, 2.75) is 20.3 Å². The molecule has 0 aliphatic heterocycles. The van der Waals surface area contributed by atoms with Crippen molar-refractivity contribution in [3.63, 3.8) is 0 Å². The first kappa shape index (κ1) is 17.5. The number of hydrogen-bond acceptors (Lipinski definition) is 3. The second kappa shape index (κ2) is 8.64. The van der Waals surface area contributed by atoms with Crippen LogP contribution >= 0.6 is 11.6 Å². The third-order valence-electron chi connectivity index (χ3n) is 3.10. The average Bonchev–Trinajstić information content (AvgIpc) is 2.43. The number of hydrogen-bond donors (Lipinski definition) is 1. The van der Waals surface area contributed by atoms with E-state index in [1.807, 2.05) is 6.92 Å². The Hall–Kier alpha value is -1.59. The Kier molecular flexibility index (Phi) is 7.19. The van der Waals surface area contributed by atoms with E-state index in [-0.39, 0.29) is 18.4 Å². The summed E-state index contributed by atoms with van der Waals surface area (Å²) in [5.74, 6) is -0.378. The van der Waals surface area contributed by atoms with E-state index in [1.165, 1.54) is 11.8 Å². The van der Waals surface area contributed by atoms with E-state index in [0.29, 0.717) is 30.3 Å². The molecule has 0 bridgehead atoms. The van der Waals surface area contributed by atoms with Crippen molar-refractivity contribution >= 4 is 29.1 Å². The van der Waals surface area contributed by atoms with Gasteiger partial charge in [-0.2, -0.15) is 0 Å². The van der Waals surface area contributed by atoms with Gasteiger partial charge in [-0.05, 0) is 31.0 Å². The molecule has 0 atom stereocenters. The summed E-state index contributed by atoms with van der Waals surface area (Å²) >= 11 is 6.01. The molecule has 1 rings (SSSR count). The van der Waals surface area contributed by atoms with E-state index in [9.17, 15) is 9.59 Å². The minimum Gasteiger partial charge on any atom is -0.385 e. The topological polar surface area (TPSA) is 58.6 Å². The minimum absolute atomic E-state index is 0.0189. The van der Waals surface area contributed by atoms with Gasteiger partial charge < -0.3 is 15.0 Å². The monoisotopic (exact) mass is 312 g/mol. The van der Waals surface area contributed by atoms with Gasteiger partial charge in [-0.25, -0.2) is 0 Å². The Morgan fingerprint density at radius 1 is 1.38 bits per heavy atom. The number of nitrogens with zero attached hydrogens (tertiary/aromatic N) is 1. The summed E-state index contributed by atoms with van der Waals surface area (Å²) in [5, 5.41) is 3.37. The molecule has 5 nitrogen and oxygen atoms in total. The Labute approximate surface area is 130 Å². The lowest BCUT2D eigenvalue weighted by molar-refractivity contribution is -0.132. The first-order valence-corrected chi connectivity index (χ1v) is 7.13. The lowest BCUT2D eigenvalue weighted by Crippen LogP contribution is -2.37. The van der Waals surface area contributed by atoms with Crippen molar-refractivity contribution in [2.75, 3.05) is 32.1 Å². The van der Waals surface area contributed by atoms with Gasteiger partial charge in [0.2, 0.25) is 11.8 Å². The smallest absolute Gasteiger partial charge is 0.244 e. The number of ether oxygens (including phenoxy) is 1. The van der Waals surface area contributed by atoms with Crippen LogP contribution in [0.1, 0.15) is 18.9 Å². The number of halogens is 1. The Morgan fingerprint density at radius 3 is 2.71 bits per heavy atom. The summed E-state index contributed by atoms with van der Waals surface area (Å²) in [7, 11) is 1.60. The number of methoxy groups -OCH3 is 1. The fraction of sp³-hybridized carbons (Fsp3) is 0.467. The van der Waals surface area contributed by atoms with E-state index in [4.69, 9.17) is 16.3 Å². The second-order valence-electron chi connectivity index (χ2n) is 4.75. The van der Waals surface area contributed by atoms with Gasteiger partial charge in [0, 0.05) is 37.9 Å². The molecule has 2 amide bonds. The highest BCUT2D eigenvalue weighted by Gasteiger charge is 2.14. The average molecular weight is 313 g/mol. The summed E-state index contributed by atoms with van der Waals surface area (Å²) in [4.78, 5) is 25.1. The van der Waals surface area contributed by atoms with Gasteiger partial charge in [-0.1, -0.05) is 17.7 Å². The molecule has 1 aromatic carbocycles. The zero-order valence-corrected chi connectivity index (χ0v) is 13.4. The van der Waals surface area contributed by atoms with E-state index in [1.54, 1.807) is 25.3 Å². The van der Waals surface area contributed by atoms with Crippen molar-refractivity contribution in [3.05, 3.63) is 28.8 Å².